The fraction of sp³-hybridized carbons (Fsp3) is 0.176. The predicted octanol–water partition coefficient (Wildman–Crippen LogP) is 7.66. The summed E-state index contributed by atoms with van der Waals surface area (Å²) in [6, 6.07) is 50.0. The van der Waals surface area contributed by atoms with E-state index in [1.54, 1.807) is 48.5 Å². The molecule has 7 rings (SSSR count). The number of unbranched alkanes of at least 4 members (excludes halogenated alkanes) is 3. The van der Waals surface area contributed by atoms with Crippen molar-refractivity contribution in [2.45, 2.75) is 32.1 Å². The lowest BCUT2D eigenvalue weighted by atomic mass is 9.96. The van der Waals surface area contributed by atoms with Crippen LogP contribution in [-0.4, -0.2) is 56.7 Å². The largest absolute Gasteiger partial charge is 1.00 e. The molecule has 12 N–H and O–H groups in total. The SMILES string of the molecule is CN(C)c1cc[nH+]cc1.NC(=NCCCCCCN=C(N)N=C(N)Nc1ccc(Cl)cc1)N=C(N)Nc1ccc(Cl)cc1.[H+].[H+].c1ccc(C2=[NH+]C(c3ccccc3)=C(c3ccccc3)C2)cc1. The molecule has 0 unspecified atom stereocenters. The highest BCUT2D eigenvalue weighted by Crippen LogP contribution is 2.28. The van der Waals surface area contributed by atoms with Gasteiger partial charge in [0.25, 0.3) is 0 Å². The minimum Gasteiger partial charge on any atom is -0.377 e. The molecule has 13 nitrogen and oxygen atoms in total. The normalized spacial score (nSPS) is 12.9. The van der Waals surface area contributed by atoms with Gasteiger partial charge in [0.15, 0.2) is 18.1 Å². The van der Waals surface area contributed by atoms with Gasteiger partial charge in [-0.15, -0.1) is 0 Å². The summed E-state index contributed by atoms with van der Waals surface area (Å²) in [6.45, 7) is 1.12. The predicted molar refractivity (Wildman–Crippen MR) is 280 cm³/mol. The van der Waals surface area contributed by atoms with Gasteiger partial charge in [-0.2, -0.15) is 9.98 Å². The quantitative estimate of drug-likeness (QED) is 0.0349. The Morgan fingerprint density at radius 3 is 1.41 bits per heavy atom. The van der Waals surface area contributed by atoms with Crippen LogP contribution in [0.3, 0.4) is 0 Å². The average molecular weight is 927 g/mol. The van der Waals surface area contributed by atoms with Crippen LogP contribution in [0.25, 0.3) is 11.3 Å². The van der Waals surface area contributed by atoms with Gasteiger partial charge < -0.3 is 38.5 Å². The van der Waals surface area contributed by atoms with Crippen LogP contribution in [0.5, 0.6) is 0 Å². The van der Waals surface area contributed by atoms with Crippen LogP contribution in [-0.2, 0) is 0 Å². The molecule has 66 heavy (non-hydrogen) atoms. The molecular formula is C51H61Cl2N13+4. The van der Waals surface area contributed by atoms with Crippen molar-refractivity contribution in [3.63, 3.8) is 0 Å². The molecule has 0 saturated heterocycles. The molecule has 0 amide bonds. The Bertz CT molecular complexity index is 2490. The number of nitrogens with two attached hydrogens (primary N) is 4. The van der Waals surface area contributed by atoms with Gasteiger partial charge in [0.1, 0.15) is 0 Å². The van der Waals surface area contributed by atoms with Gasteiger partial charge in [-0.25, -0.2) is 9.98 Å². The molecule has 0 aliphatic carbocycles. The molecule has 0 radical (unpaired) electrons. The standard InChI is InChI=1S/C22H30Cl2N10.C22H17N.C7H10N2/c23-15-5-9-17(10-6-15)31-21(27)33-19(25)29-13-3-1-2-4-14-30-20(26)34-22(28)32-18-11-7-16(24)8-12-18;1-4-10-17(11-5-1)20-16-21(18-12-6-2-7-13-18)23-22(20)19-14-8-3-9-15-19;1-9(2)7-3-5-8-6-4-7/h5-12H,1-4,13-14H2,(H5,25,27,29,31,33)(H5,26,28,30,32,34);1-15H,16H2;3-6H,1-2H3/p+4. The smallest absolute Gasteiger partial charge is 0.377 e. The van der Waals surface area contributed by atoms with Crippen molar-refractivity contribution in [2.75, 3.05) is 42.7 Å². The number of allylic oxidation sites excluding steroid dienone is 1. The topological polar surface area (TPSA) is 209 Å². The molecule has 6 aromatic rings. The number of guanidine groups is 4. The number of hydrogen-bond donors (Lipinski definition) is 7. The number of anilines is 3. The first-order valence-corrected chi connectivity index (χ1v) is 22.3. The molecule has 0 bridgehead atoms. The molecule has 0 atom stereocenters. The van der Waals surface area contributed by atoms with Gasteiger partial charge in [0, 0.05) is 83.1 Å². The molecule has 15 heteroatoms. The molecule has 5 aromatic carbocycles. The van der Waals surface area contributed by atoms with E-state index in [2.05, 4.69) is 136 Å². The van der Waals surface area contributed by atoms with E-state index in [1.165, 1.54) is 39.4 Å². The number of aromatic amines is 1. The van der Waals surface area contributed by atoms with Gasteiger partial charge in [0.2, 0.25) is 29.5 Å². The maximum absolute atomic E-state index is 5.85. The summed E-state index contributed by atoms with van der Waals surface area (Å²) in [5.41, 5.74) is 33.6. The number of benzene rings is 5. The summed E-state index contributed by atoms with van der Waals surface area (Å²) >= 11 is 11.7. The monoisotopic (exact) mass is 925 g/mol. The lowest BCUT2D eigenvalue weighted by molar-refractivity contribution is -0.377. The number of rotatable bonds is 13. The minimum atomic E-state index is 0. The molecule has 0 saturated carbocycles. The van der Waals surface area contributed by atoms with Crippen molar-refractivity contribution in [1.82, 2.24) is 0 Å². The van der Waals surface area contributed by atoms with E-state index < -0.39 is 0 Å². The van der Waals surface area contributed by atoms with E-state index in [-0.39, 0.29) is 26.7 Å². The number of nitrogens with zero attached hydrogens (tertiary/aromatic N) is 5. The van der Waals surface area contributed by atoms with Gasteiger partial charge in [-0.3, -0.25) is 9.98 Å². The van der Waals surface area contributed by atoms with E-state index in [9.17, 15) is 0 Å². The van der Waals surface area contributed by atoms with Gasteiger partial charge in [0.05, 0.1) is 6.42 Å². The number of hydrogen-bond acceptors (Lipinski definition) is 3. The van der Waals surface area contributed by atoms with Gasteiger partial charge >= 0.3 is 2.85 Å². The first kappa shape index (κ1) is 49.5. The minimum absolute atomic E-state index is 0. The second kappa shape index (κ2) is 27.0. The molecule has 1 aliphatic heterocycles. The second-order valence-corrected chi connectivity index (χ2v) is 15.9. The van der Waals surface area contributed by atoms with Crippen molar-refractivity contribution in [3.05, 3.63) is 191 Å². The van der Waals surface area contributed by atoms with Crippen LogP contribution in [0.4, 0.5) is 17.1 Å². The summed E-state index contributed by atoms with van der Waals surface area (Å²) in [5, 5.41) is 7.11. The van der Waals surface area contributed by atoms with Crippen molar-refractivity contribution in [3.8, 4) is 0 Å². The molecule has 0 fully saturated rings. The van der Waals surface area contributed by atoms with Crippen molar-refractivity contribution in [1.29, 1.82) is 0 Å². The zero-order valence-electron chi connectivity index (χ0n) is 39.3. The Morgan fingerprint density at radius 2 is 0.985 bits per heavy atom. The first-order chi connectivity index (χ1) is 32.0. The van der Waals surface area contributed by atoms with Crippen LogP contribution in [0, 0.1) is 0 Å². The number of halogens is 2. The Balaban J connectivity index is 0.000000308. The number of aromatic nitrogens is 1. The maximum Gasteiger partial charge on any atom is 1.00 e. The van der Waals surface area contributed by atoms with Crippen LogP contribution in [0.15, 0.2) is 184 Å². The molecular weight excluding hydrogens is 866 g/mol. The fourth-order valence-electron chi connectivity index (χ4n) is 6.46. The van der Waals surface area contributed by atoms with E-state index in [0.717, 1.165) is 43.5 Å². The third-order valence-electron chi connectivity index (χ3n) is 9.77. The lowest BCUT2D eigenvalue weighted by Gasteiger charge is -2.08. The second-order valence-electron chi connectivity index (χ2n) is 15.0. The Labute approximate surface area is 400 Å². The number of H-pyrrole nitrogens is 1. The van der Waals surface area contributed by atoms with Crippen molar-refractivity contribution >= 4 is 81.1 Å². The lowest BCUT2D eigenvalue weighted by Crippen LogP contribution is -2.67. The Kier molecular flexibility index (Phi) is 20.3. The highest BCUT2D eigenvalue weighted by Gasteiger charge is 2.28. The summed E-state index contributed by atoms with van der Waals surface area (Å²) in [5.74, 6) is 0.564. The zero-order chi connectivity index (χ0) is 46.9. The fourth-order valence-corrected chi connectivity index (χ4v) is 6.71. The van der Waals surface area contributed by atoms with E-state index in [1.807, 2.05) is 38.6 Å². The zero-order valence-corrected chi connectivity index (χ0v) is 38.9. The third-order valence-corrected chi connectivity index (χ3v) is 10.3. The summed E-state index contributed by atoms with van der Waals surface area (Å²) in [6.07, 6.45) is 8.44. The Hall–Kier alpha value is -7.48. The van der Waals surface area contributed by atoms with Crippen molar-refractivity contribution in [2.24, 2.45) is 42.9 Å². The summed E-state index contributed by atoms with van der Waals surface area (Å²) < 4.78 is 0. The van der Waals surface area contributed by atoms with Gasteiger partial charge in [-0.1, -0.05) is 103 Å². The summed E-state index contributed by atoms with van der Waals surface area (Å²) in [7, 11) is 4.05. The van der Waals surface area contributed by atoms with Crippen LogP contribution >= 0.6 is 23.2 Å². The molecule has 1 aromatic heterocycles. The first-order valence-electron chi connectivity index (χ1n) is 21.5. The molecule has 340 valence electrons. The van der Waals surface area contributed by atoms with Gasteiger partial charge in [-0.05, 0) is 91.2 Å². The molecule has 0 spiro atoms. The molecule has 1 aliphatic rings. The Morgan fingerprint density at radius 1 is 0.561 bits per heavy atom. The highest BCUT2D eigenvalue weighted by atomic mass is 35.5. The number of pyridine rings is 1. The summed E-state index contributed by atoms with van der Waals surface area (Å²) in [4.78, 5) is 25.2. The maximum atomic E-state index is 5.85. The van der Waals surface area contributed by atoms with Crippen LogP contribution in [0.2, 0.25) is 10.0 Å². The van der Waals surface area contributed by atoms with E-state index in [0.29, 0.717) is 23.1 Å². The van der Waals surface area contributed by atoms with E-state index >= 15 is 0 Å². The molecule has 2 heterocycles. The van der Waals surface area contributed by atoms with Crippen molar-refractivity contribution < 1.29 is 12.8 Å². The number of aliphatic imine (C=N–C) groups is 4. The third kappa shape index (κ3) is 17.6. The van der Waals surface area contributed by atoms with Crippen LogP contribution < -0.4 is 48.4 Å². The van der Waals surface area contributed by atoms with E-state index in [4.69, 9.17) is 46.1 Å². The van der Waals surface area contributed by atoms with Crippen LogP contribution in [0.1, 0.15) is 51.6 Å². The highest BCUT2D eigenvalue weighted by molar-refractivity contribution is 6.31. The average Bonchev–Trinajstić information content (AvgIpc) is 3.79. The number of nitrogens with one attached hydrogen (secondary N) is 4.